The van der Waals surface area contributed by atoms with Crippen LogP contribution in [-0.4, -0.2) is 34.3 Å². The number of aromatic nitrogens is 2. The summed E-state index contributed by atoms with van der Waals surface area (Å²) in [5, 5.41) is 8.17. The van der Waals surface area contributed by atoms with E-state index in [-0.39, 0.29) is 18.3 Å². The van der Waals surface area contributed by atoms with Crippen LogP contribution >= 0.6 is 12.6 Å². The van der Waals surface area contributed by atoms with Gasteiger partial charge in [-0.3, -0.25) is 5.10 Å². The lowest BCUT2D eigenvalue weighted by Crippen LogP contribution is -2.41. The van der Waals surface area contributed by atoms with Gasteiger partial charge in [-0.15, -0.1) is 0 Å². The van der Waals surface area contributed by atoms with Crippen molar-refractivity contribution in [2.24, 2.45) is 0 Å². The number of thiol groups is 1. The number of hydrogen-bond donors (Lipinski definition) is 2. The normalized spacial score (nSPS) is 20.8. The standard InChI is InChI=1S/C16H21BN2O2S/c1-15(2)16(3,4)21-17(20-15)12(10-22)8-11-6-5-7-14-13(11)9-18-19-14/h5-9,22H,10H2,1-4H3,(H,18,19). The number of nitrogens with zero attached hydrogens (tertiary/aromatic N) is 1. The molecule has 4 nitrogen and oxygen atoms in total. The Morgan fingerprint density at radius 3 is 2.59 bits per heavy atom. The molecule has 0 atom stereocenters. The summed E-state index contributed by atoms with van der Waals surface area (Å²) in [5.41, 5.74) is 2.42. The van der Waals surface area contributed by atoms with E-state index < -0.39 is 0 Å². The van der Waals surface area contributed by atoms with E-state index in [0.29, 0.717) is 5.75 Å². The van der Waals surface area contributed by atoms with Gasteiger partial charge < -0.3 is 9.31 Å². The number of H-pyrrole nitrogens is 1. The highest BCUT2D eigenvalue weighted by molar-refractivity contribution is 7.80. The van der Waals surface area contributed by atoms with Crippen LogP contribution in [0.15, 0.2) is 29.9 Å². The first-order valence-electron chi connectivity index (χ1n) is 7.43. The molecule has 1 aromatic heterocycles. The fourth-order valence-corrected chi connectivity index (χ4v) is 2.74. The van der Waals surface area contributed by atoms with Gasteiger partial charge in [-0.25, -0.2) is 0 Å². The van der Waals surface area contributed by atoms with Gasteiger partial charge in [-0.2, -0.15) is 17.7 Å². The molecule has 1 fully saturated rings. The highest BCUT2D eigenvalue weighted by Crippen LogP contribution is 2.39. The summed E-state index contributed by atoms with van der Waals surface area (Å²) in [4.78, 5) is 0. The first kappa shape index (κ1) is 15.7. The lowest BCUT2D eigenvalue weighted by Gasteiger charge is -2.32. The average Bonchev–Trinajstić information content (AvgIpc) is 2.99. The fourth-order valence-electron chi connectivity index (χ4n) is 2.50. The van der Waals surface area contributed by atoms with Crippen molar-refractivity contribution in [1.29, 1.82) is 0 Å². The molecule has 22 heavy (non-hydrogen) atoms. The van der Waals surface area contributed by atoms with Gasteiger partial charge in [0.1, 0.15) is 0 Å². The van der Waals surface area contributed by atoms with Crippen molar-refractivity contribution < 1.29 is 9.31 Å². The van der Waals surface area contributed by atoms with E-state index in [2.05, 4.69) is 62.7 Å². The van der Waals surface area contributed by atoms with Crippen LogP contribution in [0.4, 0.5) is 0 Å². The predicted octanol–water partition coefficient (Wildman–Crippen LogP) is 3.51. The quantitative estimate of drug-likeness (QED) is 0.673. The Morgan fingerprint density at radius 2 is 1.95 bits per heavy atom. The predicted molar refractivity (Wildman–Crippen MR) is 94.0 cm³/mol. The van der Waals surface area contributed by atoms with Crippen LogP contribution in [0.3, 0.4) is 0 Å². The van der Waals surface area contributed by atoms with Gasteiger partial charge in [0.05, 0.1) is 22.9 Å². The van der Waals surface area contributed by atoms with Gasteiger partial charge >= 0.3 is 7.12 Å². The van der Waals surface area contributed by atoms with Crippen molar-refractivity contribution in [3.63, 3.8) is 0 Å². The third kappa shape index (κ3) is 2.60. The van der Waals surface area contributed by atoms with Crippen LogP contribution in [-0.2, 0) is 9.31 Å². The highest BCUT2D eigenvalue weighted by atomic mass is 32.1. The van der Waals surface area contributed by atoms with Gasteiger partial charge in [0.15, 0.2) is 0 Å². The molecule has 0 saturated carbocycles. The second kappa shape index (κ2) is 5.44. The second-order valence-electron chi connectivity index (χ2n) is 6.64. The molecule has 0 aliphatic carbocycles. The number of nitrogens with one attached hydrogen (secondary N) is 1. The van der Waals surface area contributed by atoms with E-state index in [1.165, 1.54) is 0 Å². The first-order chi connectivity index (χ1) is 10.3. The monoisotopic (exact) mass is 316 g/mol. The molecule has 1 aliphatic heterocycles. The molecule has 6 heteroatoms. The maximum atomic E-state index is 6.12. The van der Waals surface area contributed by atoms with Gasteiger partial charge in [0, 0.05) is 11.1 Å². The minimum Gasteiger partial charge on any atom is -0.400 e. The maximum Gasteiger partial charge on any atom is 0.491 e. The zero-order valence-corrected chi connectivity index (χ0v) is 14.3. The lowest BCUT2D eigenvalue weighted by atomic mass is 9.78. The van der Waals surface area contributed by atoms with Crippen LogP contribution in [0.5, 0.6) is 0 Å². The van der Waals surface area contributed by atoms with E-state index in [4.69, 9.17) is 9.31 Å². The van der Waals surface area contributed by atoms with Gasteiger partial charge in [-0.05, 0) is 44.8 Å². The smallest absolute Gasteiger partial charge is 0.400 e. The largest absolute Gasteiger partial charge is 0.491 e. The molecule has 3 rings (SSSR count). The van der Waals surface area contributed by atoms with Crippen molar-refractivity contribution in [2.75, 3.05) is 5.75 Å². The van der Waals surface area contributed by atoms with E-state index >= 15 is 0 Å². The Labute approximate surface area is 136 Å². The molecular weight excluding hydrogens is 295 g/mol. The summed E-state index contributed by atoms with van der Waals surface area (Å²) in [6.45, 7) is 8.22. The van der Waals surface area contributed by atoms with Crippen molar-refractivity contribution >= 4 is 36.7 Å². The Hall–Kier alpha value is -1.24. The van der Waals surface area contributed by atoms with Gasteiger partial charge in [-0.1, -0.05) is 18.2 Å². The molecule has 0 spiro atoms. The summed E-state index contributed by atoms with van der Waals surface area (Å²) in [6, 6.07) is 6.08. The Morgan fingerprint density at radius 1 is 1.27 bits per heavy atom. The fraction of sp³-hybridized carbons (Fsp3) is 0.438. The van der Waals surface area contributed by atoms with Crippen LogP contribution in [0.1, 0.15) is 33.3 Å². The van der Waals surface area contributed by atoms with Gasteiger partial charge in [0.2, 0.25) is 0 Å². The summed E-state index contributed by atoms with van der Waals surface area (Å²) in [7, 11) is -0.371. The summed E-state index contributed by atoms with van der Waals surface area (Å²) in [6.07, 6.45) is 3.93. The third-order valence-electron chi connectivity index (χ3n) is 4.60. The van der Waals surface area contributed by atoms with E-state index in [1.807, 2.05) is 18.3 Å². The van der Waals surface area contributed by atoms with Crippen molar-refractivity contribution in [2.45, 2.75) is 38.9 Å². The second-order valence-corrected chi connectivity index (χ2v) is 6.96. The minimum atomic E-state index is -0.371. The van der Waals surface area contributed by atoms with Crippen molar-refractivity contribution in [1.82, 2.24) is 10.2 Å². The Kier molecular flexibility index (Phi) is 3.87. The third-order valence-corrected chi connectivity index (χ3v) is 4.96. The molecule has 116 valence electrons. The van der Waals surface area contributed by atoms with Crippen LogP contribution in [0.2, 0.25) is 0 Å². The SMILES string of the molecule is CC1(C)OB(C(=Cc2cccc3[nH]ncc23)CS)OC1(C)C. The van der Waals surface area contributed by atoms with E-state index in [9.17, 15) is 0 Å². The molecule has 0 amide bonds. The van der Waals surface area contributed by atoms with E-state index in [1.54, 1.807) is 0 Å². The number of hydrogen-bond acceptors (Lipinski definition) is 4. The highest BCUT2D eigenvalue weighted by Gasteiger charge is 2.52. The average molecular weight is 316 g/mol. The summed E-state index contributed by atoms with van der Waals surface area (Å²) < 4.78 is 12.2. The zero-order valence-electron chi connectivity index (χ0n) is 13.4. The van der Waals surface area contributed by atoms with Crippen LogP contribution < -0.4 is 0 Å². The molecule has 1 N–H and O–H groups in total. The zero-order chi connectivity index (χ0) is 16.0. The maximum absolute atomic E-state index is 6.12. The van der Waals surface area contributed by atoms with Crippen molar-refractivity contribution in [3.8, 4) is 0 Å². The Bertz CT molecular complexity index is 708. The molecule has 0 bridgehead atoms. The molecular formula is C16H21BN2O2S. The summed E-state index contributed by atoms with van der Waals surface area (Å²) in [5.74, 6) is 0.574. The molecule has 2 aromatic rings. The molecule has 1 aromatic carbocycles. The number of rotatable bonds is 3. The van der Waals surface area contributed by atoms with Crippen molar-refractivity contribution in [3.05, 3.63) is 35.4 Å². The molecule has 0 radical (unpaired) electrons. The number of benzene rings is 1. The minimum absolute atomic E-state index is 0.346. The molecule has 1 aliphatic rings. The van der Waals surface area contributed by atoms with Crippen LogP contribution in [0, 0.1) is 0 Å². The van der Waals surface area contributed by atoms with E-state index in [0.717, 1.165) is 21.9 Å². The molecule has 0 unspecified atom stereocenters. The molecule has 1 saturated heterocycles. The number of aromatic amines is 1. The Balaban J connectivity index is 1.97. The summed E-state index contributed by atoms with van der Waals surface area (Å²) >= 11 is 4.46. The van der Waals surface area contributed by atoms with Gasteiger partial charge in [0.25, 0.3) is 0 Å². The number of fused-ring (bicyclic) bond motifs is 1. The topological polar surface area (TPSA) is 47.1 Å². The van der Waals surface area contributed by atoms with Crippen LogP contribution in [0.25, 0.3) is 17.0 Å². The lowest BCUT2D eigenvalue weighted by molar-refractivity contribution is 0.00578. The molecule has 2 heterocycles. The first-order valence-corrected chi connectivity index (χ1v) is 8.06.